The van der Waals surface area contributed by atoms with Gasteiger partial charge in [-0.15, -0.1) is 0 Å². The summed E-state index contributed by atoms with van der Waals surface area (Å²) in [6, 6.07) is 0. The summed E-state index contributed by atoms with van der Waals surface area (Å²) < 4.78 is 5.03. The maximum atomic E-state index is 11.4. The van der Waals surface area contributed by atoms with Gasteiger partial charge in [0.2, 0.25) is 0 Å². The molecule has 4 nitrogen and oxygen atoms in total. The molecule has 0 fully saturated rings. The van der Waals surface area contributed by atoms with E-state index in [2.05, 4.69) is 12.2 Å². The second-order valence-corrected chi connectivity index (χ2v) is 5.20. The average Bonchev–Trinajstić information content (AvgIpc) is 2.19. The Balaban J connectivity index is 3.59. The van der Waals surface area contributed by atoms with E-state index in [1.54, 1.807) is 20.8 Å². The smallest absolute Gasteiger partial charge is 0.408 e. The highest BCUT2D eigenvalue weighted by Crippen LogP contribution is 2.06. The molecular formula is C13H25NO3. The first kappa shape index (κ1) is 15.9. The molecule has 0 aliphatic carbocycles. The van der Waals surface area contributed by atoms with Crippen molar-refractivity contribution in [2.45, 2.75) is 65.4 Å². The van der Waals surface area contributed by atoms with Crippen molar-refractivity contribution in [3.63, 3.8) is 0 Å². The van der Waals surface area contributed by atoms with Gasteiger partial charge in [-0.2, -0.15) is 0 Å². The summed E-state index contributed by atoms with van der Waals surface area (Å²) >= 11 is 0. The van der Waals surface area contributed by atoms with Crippen molar-refractivity contribution in [3.8, 4) is 0 Å². The van der Waals surface area contributed by atoms with Crippen LogP contribution in [0.2, 0.25) is 0 Å². The van der Waals surface area contributed by atoms with Gasteiger partial charge in [-0.05, 0) is 27.2 Å². The van der Waals surface area contributed by atoms with E-state index in [4.69, 9.17) is 4.74 Å². The van der Waals surface area contributed by atoms with Gasteiger partial charge >= 0.3 is 6.09 Å². The van der Waals surface area contributed by atoms with Gasteiger partial charge in [0, 0.05) is 6.42 Å². The maximum Gasteiger partial charge on any atom is 0.408 e. The monoisotopic (exact) mass is 243 g/mol. The highest BCUT2D eigenvalue weighted by atomic mass is 16.6. The van der Waals surface area contributed by atoms with E-state index in [0.29, 0.717) is 6.42 Å². The summed E-state index contributed by atoms with van der Waals surface area (Å²) in [7, 11) is 0. The van der Waals surface area contributed by atoms with Crippen LogP contribution in [0.4, 0.5) is 4.79 Å². The van der Waals surface area contributed by atoms with Crippen molar-refractivity contribution in [1.29, 1.82) is 0 Å². The zero-order valence-electron chi connectivity index (χ0n) is 11.5. The minimum atomic E-state index is -0.528. The molecule has 0 saturated heterocycles. The van der Waals surface area contributed by atoms with E-state index in [0.717, 1.165) is 25.7 Å². The van der Waals surface area contributed by atoms with E-state index in [9.17, 15) is 9.59 Å². The fourth-order valence-electron chi connectivity index (χ4n) is 1.32. The highest BCUT2D eigenvalue weighted by molar-refractivity contribution is 5.83. The molecule has 0 spiro atoms. The zero-order valence-corrected chi connectivity index (χ0v) is 11.5. The summed E-state index contributed by atoms with van der Waals surface area (Å²) in [6.07, 6.45) is 4.31. The molecule has 1 N–H and O–H groups in total. The molecule has 17 heavy (non-hydrogen) atoms. The van der Waals surface area contributed by atoms with Crippen LogP contribution in [0, 0.1) is 0 Å². The summed E-state index contributed by atoms with van der Waals surface area (Å²) in [5.41, 5.74) is -0.520. The predicted molar refractivity (Wildman–Crippen MR) is 68.0 cm³/mol. The van der Waals surface area contributed by atoms with Crippen LogP contribution in [-0.4, -0.2) is 24.0 Å². The molecule has 0 radical (unpaired) electrons. The number of ether oxygens (including phenoxy) is 1. The molecule has 0 aliphatic heterocycles. The lowest BCUT2D eigenvalue weighted by Crippen LogP contribution is -2.35. The van der Waals surface area contributed by atoms with Gasteiger partial charge in [-0.25, -0.2) is 4.79 Å². The molecule has 0 aromatic rings. The highest BCUT2D eigenvalue weighted by Gasteiger charge is 2.16. The van der Waals surface area contributed by atoms with Crippen molar-refractivity contribution in [1.82, 2.24) is 5.32 Å². The Morgan fingerprint density at radius 2 is 1.76 bits per heavy atom. The zero-order chi connectivity index (χ0) is 13.3. The van der Waals surface area contributed by atoms with E-state index >= 15 is 0 Å². The average molecular weight is 243 g/mol. The van der Waals surface area contributed by atoms with E-state index in [1.165, 1.54) is 0 Å². The van der Waals surface area contributed by atoms with Crippen LogP contribution in [0.1, 0.15) is 59.8 Å². The van der Waals surface area contributed by atoms with Crippen molar-refractivity contribution in [3.05, 3.63) is 0 Å². The van der Waals surface area contributed by atoms with Gasteiger partial charge in [-0.3, -0.25) is 4.79 Å². The lowest BCUT2D eigenvalue weighted by Gasteiger charge is -2.19. The standard InChI is InChI=1S/C13H25NO3/c1-5-6-7-8-9-11(15)10-14-12(16)17-13(2,3)4/h5-10H2,1-4H3,(H,14,16). The number of rotatable bonds is 7. The molecule has 0 heterocycles. The van der Waals surface area contributed by atoms with Crippen molar-refractivity contribution < 1.29 is 14.3 Å². The number of hydrogen-bond acceptors (Lipinski definition) is 3. The molecule has 100 valence electrons. The van der Waals surface area contributed by atoms with E-state index in [1.807, 2.05) is 0 Å². The van der Waals surface area contributed by atoms with Gasteiger partial charge in [-0.1, -0.05) is 26.2 Å². The number of hydrogen-bond donors (Lipinski definition) is 1. The number of nitrogens with one attached hydrogen (secondary N) is 1. The second kappa shape index (κ2) is 8.09. The van der Waals surface area contributed by atoms with Crippen LogP contribution in [-0.2, 0) is 9.53 Å². The number of carbonyl (C=O) groups excluding carboxylic acids is 2. The molecule has 0 unspecified atom stereocenters. The second-order valence-electron chi connectivity index (χ2n) is 5.20. The normalized spacial score (nSPS) is 11.1. The Morgan fingerprint density at radius 3 is 2.29 bits per heavy atom. The largest absolute Gasteiger partial charge is 0.444 e. The molecule has 4 heteroatoms. The van der Waals surface area contributed by atoms with Gasteiger partial charge in [0.15, 0.2) is 5.78 Å². The predicted octanol–water partition coefficient (Wildman–Crippen LogP) is 3.05. The SMILES string of the molecule is CCCCCCC(=O)CNC(=O)OC(C)(C)C. The Kier molecular flexibility index (Phi) is 7.59. The third-order valence-corrected chi connectivity index (χ3v) is 2.14. The van der Waals surface area contributed by atoms with Crippen molar-refractivity contribution in [2.75, 3.05) is 6.54 Å². The summed E-state index contributed by atoms with van der Waals surface area (Å²) in [5, 5.41) is 2.47. The minimum absolute atomic E-state index is 0.0620. The fourth-order valence-corrected chi connectivity index (χ4v) is 1.32. The molecule has 0 aromatic heterocycles. The van der Waals surface area contributed by atoms with Gasteiger partial charge < -0.3 is 10.1 Å². The summed E-state index contributed by atoms with van der Waals surface area (Å²) in [4.78, 5) is 22.7. The van der Waals surface area contributed by atoms with Gasteiger partial charge in [0.25, 0.3) is 0 Å². The number of amides is 1. The summed E-state index contributed by atoms with van der Waals surface area (Å²) in [6.45, 7) is 7.57. The van der Waals surface area contributed by atoms with Crippen LogP contribution < -0.4 is 5.32 Å². The quantitative estimate of drug-likeness (QED) is 0.699. The molecule has 0 rings (SSSR count). The first-order chi connectivity index (χ1) is 7.85. The van der Waals surface area contributed by atoms with E-state index < -0.39 is 11.7 Å². The minimum Gasteiger partial charge on any atom is -0.444 e. The van der Waals surface area contributed by atoms with Crippen LogP contribution in [0.25, 0.3) is 0 Å². The van der Waals surface area contributed by atoms with Crippen LogP contribution in [0.3, 0.4) is 0 Å². The first-order valence-corrected chi connectivity index (χ1v) is 6.33. The molecule has 0 bridgehead atoms. The third-order valence-electron chi connectivity index (χ3n) is 2.14. The van der Waals surface area contributed by atoms with Gasteiger partial charge in [0.1, 0.15) is 5.60 Å². The fraction of sp³-hybridized carbons (Fsp3) is 0.846. The molecule has 0 saturated carbocycles. The maximum absolute atomic E-state index is 11.4. The number of ketones is 1. The van der Waals surface area contributed by atoms with Crippen LogP contribution in [0.5, 0.6) is 0 Å². The molecular weight excluding hydrogens is 218 g/mol. The molecule has 1 amide bonds. The molecule has 0 aromatic carbocycles. The third kappa shape index (κ3) is 11.2. The molecule has 0 atom stereocenters. The first-order valence-electron chi connectivity index (χ1n) is 6.33. The van der Waals surface area contributed by atoms with Crippen molar-refractivity contribution >= 4 is 11.9 Å². The number of carbonyl (C=O) groups is 2. The van der Waals surface area contributed by atoms with Gasteiger partial charge in [0.05, 0.1) is 6.54 Å². The Labute approximate surface area is 104 Å². The Hall–Kier alpha value is -1.06. The number of Topliss-reactive ketones (excluding diaryl/α,β-unsaturated/α-hetero) is 1. The number of alkyl carbamates (subject to hydrolysis) is 1. The molecule has 0 aliphatic rings. The number of unbranched alkanes of at least 4 members (excludes halogenated alkanes) is 3. The Morgan fingerprint density at radius 1 is 1.12 bits per heavy atom. The van der Waals surface area contributed by atoms with Crippen LogP contribution in [0.15, 0.2) is 0 Å². The topological polar surface area (TPSA) is 55.4 Å². The lowest BCUT2D eigenvalue weighted by atomic mass is 10.1. The van der Waals surface area contributed by atoms with Crippen molar-refractivity contribution in [2.24, 2.45) is 0 Å². The van der Waals surface area contributed by atoms with E-state index in [-0.39, 0.29) is 12.3 Å². The Bertz CT molecular complexity index is 244. The van der Waals surface area contributed by atoms with Crippen LogP contribution >= 0.6 is 0 Å². The summed E-state index contributed by atoms with van der Waals surface area (Å²) in [5.74, 6) is 0.0620. The lowest BCUT2D eigenvalue weighted by molar-refractivity contribution is -0.118.